The van der Waals surface area contributed by atoms with Crippen LogP contribution >= 0.6 is 0 Å². The van der Waals surface area contributed by atoms with E-state index in [0.717, 1.165) is 0 Å². The zero-order valence-corrected chi connectivity index (χ0v) is 10.8. The van der Waals surface area contributed by atoms with Gasteiger partial charge < -0.3 is 15.2 Å². The van der Waals surface area contributed by atoms with Crippen molar-refractivity contribution in [3.8, 4) is 5.75 Å². The van der Waals surface area contributed by atoms with Gasteiger partial charge in [-0.05, 0) is 6.07 Å². The fourth-order valence-electron chi connectivity index (χ4n) is 1.67. The van der Waals surface area contributed by atoms with Crippen LogP contribution in [0, 0.1) is 0 Å². The molecule has 0 fully saturated rings. The van der Waals surface area contributed by atoms with E-state index in [1.54, 1.807) is 24.3 Å². The zero-order chi connectivity index (χ0) is 15.1. The first-order valence-electron chi connectivity index (χ1n) is 5.86. The van der Waals surface area contributed by atoms with E-state index in [1.165, 1.54) is 7.11 Å². The molecule has 0 bridgehead atoms. The number of halogens is 2. The minimum absolute atomic E-state index is 0.142. The van der Waals surface area contributed by atoms with Crippen LogP contribution in [0.5, 0.6) is 5.75 Å². The average molecular weight is 287 g/mol. The second-order valence-electron chi connectivity index (χ2n) is 4.07. The van der Waals surface area contributed by atoms with E-state index in [2.05, 4.69) is 5.32 Å². The van der Waals surface area contributed by atoms with E-state index in [1.807, 2.05) is 0 Å². The number of benzene rings is 1. The first kappa shape index (κ1) is 15.9. The third kappa shape index (κ3) is 4.83. The summed E-state index contributed by atoms with van der Waals surface area (Å²) in [7, 11) is 1.44. The number of hydrogen-bond donors (Lipinski definition) is 2. The molecule has 0 aromatic heterocycles. The lowest BCUT2D eigenvalue weighted by Crippen LogP contribution is -2.42. The summed E-state index contributed by atoms with van der Waals surface area (Å²) in [5.41, 5.74) is 0.550. The molecule has 0 spiro atoms. The number of amides is 1. The second kappa shape index (κ2) is 7.42. The summed E-state index contributed by atoms with van der Waals surface area (Å²) in [5, 5.41) is 10.8. The lowest BCUT2D eigenvalue weighted by atomic mass is 10.1. The highest BCUT2D eigenvalue weighted by Crippen LogP contribution is 2.17. The van der Waals surface area contributed by atoms with Crippen molar-refractivity contribution in [3.63, 3.8) is 0 Å². The van der Waals surface area contributed by atoms with Crippen LogP contribution in [-0.2, 0) is 16.0 Å². The fraction of sp³-hybridized carbons (Fsp3) is 0.385. The van der Waals surface area contributed by atoms with Crippen LogP contribution in [0.2, 0.25) is 0 Å². The van der Waals surface area contributed by atoms with Gasteiger partial charge in [0.05, 0.1) is 13.5 Å². The number of carboxylic acid groups (broad SMARTS) is 1. The monoisotopic (exact) mass is 287 g/mol. The van der Waals surface area contributed by atoms with E-state index in [9.17, 15) is 18.4 Å². The molecular formula is C13H15F2NO4. The number of para-hydroxylation sites is 1. The van der Waals surface area contributed by atoms with Gasteiger partial charge in [-0.25, -0.2) is 13.6 Å². The molecule has 1 amide bonds. The van der Waals surface area contributed by atoms with E-state index < -0.39 is 30.8 Å². The third-order valence-electron chi connectivity index (χ3n) is 2.59. The van der Waals surface area contributed by atoms with Crippen molar-refractivity contribution in [1.82, 2.24) is 5.32 Å². The number of alkyl halides is 2. The Hall–Kier alpha value is -2.18. The van der Waals surface area contributed by atoms with Gasteiger partial charge >= 0.3 is 5.97 Å². The molecule has 0 saturated heterocycles. The van der Waals surface area contributed by atoms with Crippen LogP contribution in [0.3, 0.4) is 0 Å². The van der Waals surface area contributed by atoms with E-state index in [-0.39, 0.29) is 6.42 Å². The van der Waals surface area contributed by atoms with Gasteiger partial charge in [0.1, 0.15) is 11.8 Å². The summed E-state index contributed by atoms with van der Waals surface area (Å²) in [4.78, 5) is 22.5. The van der Waals surface area contributed by atoms with Crippen LogP contribution in [0.15, 0.2) is 24.3 Å². The van der Waals surface area contributed by atoms with E-state index in [4.69, 9.17) is 9.84 Å². The van der Waals surface area contributed by atoms with Crippen molar-refractivity contribution in [2.45, 2.75) is 25.3 Å². The Morgan fingerprint density at radius 1 is 1.35 bits per heavy atom. The number of carbonyl (C=O) groups is 2. The van der Waals surface area contributed by atoms with Crippen molar-refractivity contribution in [2.75, 3.05) is 7.11 Å². The number of aliphatic carboxylic acids is 1. The van der Waals surface area contributed by atoms with Gasteiger partial charge in [0.2, 0.25) is 12.3 Å². The molecule has 2 N–H and O–H groups in total. The lowest BCUT2D eigenvalue weighted by molar-refractivity contribution is -0.142. The van der Waals surface area contributed by atoms with Gasteiger partial charge in [0.15, 0.2) is 0 Å². The standard InChI is InChI=1S/C13H15F2NO4/c1-20-10-5-3-2-4-8(10)6-12(17)16-9(13(18)19)7-11(14)15/h2-5,9,11H,6-7H2,1H3,(H,16,17)(H,18,19). The van der Waals surface area contributed by atoms with Gasteiger partial charge in [-0.1, -0.05) is 18.2 Å². The van der Waals surface area contributed by atoms with Crippen LogP contribution in [0.1, 0.15) is 12.0 Å². The first-order chi connectivity index (χ1) is 9.43. The number of nitrogens with one attached hydrogen (secondary N) is 1. The predicted octanol–water partition coefficient (Wildman–Crippen LogP) is 1.46. The molecule has 1 atom stereocenters. The molecule has 1 aromatic carbocycles. The Morgan fingerprint density at radius 2 is 2.00 bits per heavy atom. The molecule has 0 saturated carbocycles. The highest BCUT2D eigenvalue weighted by molar-refractivity contribution is 5.85. The Labute approximate surface area is 114 Å². The Kier molecular flexibility index (Phi) is 5.89. The Morgan fingerprint density at radius 3 is 2.55 bits per heavy atom. The van der Waals surface area contributed by atoms with Gasteiger partial charge in [0.25, 0.3) is 0 Å². The van der Waals surface area contributed by atoms with E-state index >= 15 is 0 Å². The maximum atomic E-state index is 12.2. The van der Waals surface area contributed by atoms with Crippen molar-refractivity contribution in [2.24, 2.45) is 0 Å². The summed E-state index contributed by atoms with van der Waals surface area (Å²) in [5.74, 6) is -1.66. The number of carboxylic acids is 1. The Balaban J connectivity index is 2.68. The molecule has 20 heavy (non-hydrogen) atoms. The molecule has 5 nitrogen and oxygen atoms in total. The predicted molar refractivity (Wildman–Crippen MR) is 66.9 cm³/mol. The first-order valence-corrected chi connectivity index (χ1v) is 5.86. The smallest absolute Gasteiger partial charge is 0.326 e. The average Bonchev–Trinajstić information content (AvgIpc) is 2.37. The largest absolute Gasteiger partial charge is 0.496 e. The minimum Gasteiger partial charge on any atom is -0.496 e. The second-order valence-corrected chi connectivity index (χ2v) is 4.07. The topological polar surface area (TPSA) is 75.6 Å². The van der Waals surface area contributed by atoms with Crippen LogP contribution in [0.4, 0.5) is 8.78 Å². The molecule has 0 aliphatic heterocycles. The number of ether oxygens (including phenoxy) is 1. The Bertz CT molecular complexity index is 479. The maximum absolute atomic E-state index is 12.2. The third-order valence-corrected chi connectivity index (χ3v) is 2.59. The molecule has 0 radical (unpaired) electrons. The fourth-order valence-corrected chi connectivity index (χ4v) is 1.67. The number of hydrogen-bond acceptors (Lipinski definition) is 3. The molecule has 7 heteroatoms. The normalized spacial score (nSPS) is 12.0. The molecule has 0 aliphatic carbocycles. The molecule has 1 rings (SSSR count). The quantitative estimate of drug-likeness (QED) is 0.796. The number of carbonyl (C=O) groups excluding carboxylic acids is 1. The number of methoxy groups -OCH3 is 1. The minimum atomic E-state index is -2.80. The summed E-state index contributed by atoms with van der Waals surface area (Å²) < 4.78 is 29.5. The summed E-state index contributed by atoms with van der Waals surface area (Å²) in [6, 6.07) is 5.10. The molecular weight excluding hydrogens is 272 g/mol. The van der Waals surface area contributed by atoms with E-state index in [0.29, 0.717) is 11.3 Å². The van der Waals surface area contributed by atoms with Crippen LogP contribution in [0.25, 0.3) is 0 Å². The van der Waals surface area contributed by atoms with Crippen molar-refractivity contribution >= 4 is 11.9 Å². The van der Waals surface area contributed by atoms with Gasteiger partial charge in [-0.2, -0.15) is 0 Å². The molecule has 1 unspecified atom stereocenters. The van der Waals surface area contributed by atoms with Crippen molar-refractivity contribution < 1.29 is 28.2 Å². The molecule has 1 aromatic rings. The van der Waals surface area contributed by atoms with Crippen LogP contribution in [-0.4, -0.2) is 36.6 Å². The lowest BCUT2D eigenvalue weighted by Gasteiger charge is -2.14. The van der Waals surface area contributed by atoms with Gasteiger partial charge in [0, 0.05) is 12.0 Å². The molecule has 0 heterocycles. The summed E-state index contributed by atoms with van der Waals surface area (Å²) in [6.07, 6.45) is -3.87. The van der Waals surface area contributed by atoms with Crippen molar-refractivity contribution in [3.05, 3.63) is 29.8 Å². The van der Waals surface area contributed by atoms with Gasteiger partial charge in [-0.15, -0.1) is 0 Å². The highest BCUT2D eigenvalue weighted by atomic mass is 19.3. The SMILES string of the molecule is COc1ccccc1CC(=O)NC(CC(F)F)C(=O)O. The summed E-state index contributed by atoms with van der Waals surface area (Å²) >= 11 is 0. The van der Waals surface area contributed by atoms with Crippen LogP contribution < -0.4 is 10.1 Å². The summed E-state index contributed by atoms with van der Waals surface area (Å²) in [6.45, 7) is 0. The molecule has 0 aliphatic rings. The molecule has 110 valence electrons. The van der Waals surface area contributed by atoms with Gasteiger partial charge in [-0.3, -0.25) is 4.79 Å². The maximum Gasteiger partial charge on any atom is 0.326 e. The zero-order valence-electron chi connectivity index (χ0n) is 10.8. The highest BCUT2D eigenvalue weighted by Gasteiger charge is 2.24. The number of rotatable bonds is 7. The van der Waals surface area contributed by atoms with Crippen molar-refractivity contribution in [1.29, 1.82) is 0 Å².